The van der Waals surface area contributed by atoms with Gasteiger partial charge in [-0.05, 0) is 48.4 Å². The third kappa shape index (κ3) is 5.63. The van der Waals surface area contributed by atoms with E-state index >= 15 is 0 Å². The lowest BCUT2D eigenvalue weighted by atomic mass is 10.1. The second-order valence-corrected chi connectivity index (χ2v) is 7.83. The van der Waals surface area contributed by atoms with Crippen LogP contribution in [0.15, 0.2) is 41.8 Å². The fourth-order valence-electron chi connectivity index (χ4n) is 3.55. The summed E-state index contributed by atoms with van der Waals surface area (Å²) in [5.74, 6) is -0.295. The fourth-order valence-corrected chi connectivity index (χ4v) is 4.19. The number of thiophene rings is 1. The van der Waals surface area contributed by atoms with Gasteiger partial charge in [-0.25, -0.2) is 4.39 Å². The summed E-state index contributed by atoms with van der Waals surface area (Å²) in [6.07, 6.45) is 5.40. The van der Waals surface area contributed by atoms with E-state index in [1.54, 1.807) is 18.2 Å². The molecule has 0 unspecified atom stereocenters. The standard InChI is InChI=1S/C21H25FN2O2S/c22-17-9-7-16(8-10-17)12-14-24(18-4-1-2-5-18)20(25)11-13-23-21(26)19-6-3-15-27-19/h3,6-10,15,18H,1-2,4-5,11-14H2,(H,23,26). The molecule has 1 N–H and O–H groups in total. The van der Waals surface area contributed by atoms with Crippen molar-refractivity contribution in [1.82, 2.24) is 10.2 Å². The fraction of sp³-hybridized carbons (Fsp3) is 0.429. The van der Waals surface area contributed by atoms with E-state index in [0.717, 1.165) is 31.2 Å². The Bertz CT molecular complexity index is 740. The summed E-state index contributed by atoms with van der Waals surface area (Å²) in [5.41, 5.74) is 1.03. The topological polar surface area (TPSA) is 49.4 Å². The summed E-state index contributed by atoms with van der Waals surface area (Å²) in [6.45, 7) is 0.976. The molecular weight excluding hydrogens is 363 g/mol. The zero-order valence-corrected chi connectivity index (χ0v) is 16.1. The van der Waals surface area contributed by atoms with E-state index in [4.69, 9.17) is 0 Å². The van der Waals surface area contributed by atoms with Crippen molar-refractivity contribution < 1.29 is 14.0 Å². The average molecular weight is 389 g/mol. The Morgan fingerprint density at radius 3 is 2.56 bits per heavy atom. The monoisotopic (exact) mass is 388 g/mol. The largest absolute Gasteiger partial charge is 0.351 e. The second kappa shape index (κ2) is 9.65. The molecule has 1 aliphatic rings. The maximum absolute atomic E-state index is 13.1. The third-order valence-electron chi connectivity index (χ3n) is 5.01. The first-order valence-corrected chi connectivity index (χ1v) is 10.4. The van der Waals surface area contributed by atoms with Gasteiger partial charge in [-0.1, -0.05) is 31.0 Å². The van der Waals surface area contributed by atoms with Gasteiger partial charge in [0.15, 0.2) is 0 Å². The number of hydrogen-bond acceptors (Lipinski definition) is 3. The second-order valence-electron chi connectivity index (χ2n) is 6.89. The highest BCUT2D eigenvalue weighted by molar-refractivity contribution is 7.12. The summed E-state index contributed by atoms with van der Waals surface area (Å²) in [7, 11) is 0. The molecule has 144 valence electrons. The van der Waals surface area contributed by atoms with E-state index in [1.807, 2.05) is 16.3 Å². The molecule has 0 bridgehead atoms. The quantitative estimate of drug-likeness (QED) is 0.742. The molecule has 1 aromatic carbocycles. The summed E-state index contributed by atoms with van der Waals surface area (Å²) in [4.78, 5) is 27.4. The first-order chi connectivity index (χ1) is 13.1. The molecule has 2 amide bonds. The Labute approximate surface area is 163 Å². The predicted molar refractivity (Wildman–Crippen MR) is 105 cm³/mol. The number of hydrogen-bond donors (Lipinski definition) is 1. The number of amides is 2. The van der Waals surface area contributed by atoms with Crippen LogP contribution in [-0.4, -0.2) is 35.8 Å². The van der Waals surface area contributed by atoms with Crippen LogP contribution in [0.2, 0.25) is 0 Å². The van der Waals surface area contributed by atoms with Gasteiger partial charge >= 0.3 is 0 Å². The normalized spacial score (nSPS) is 14.3. The molecule has 1 fully saturated rings. The van der Waals surface area contributed by atoms with Crippen LogP contribution in [0.3, 0.4) is 0 Å². The molecule has 0 aliphatic heterocycles. The molecule has 0 saturated heterocycles. The van der Waals surface area contributed by atoms with E-state index in [9.17, 15) is 14.0 Å². The Morgan fingerprint density at radius 2 is 1.89 bits per heavy atom. The van der Waals surface area contributed by atoms with Gasteiger partial charge in [-0.15, -0.1) is 11.3 Å². The molecule has 2 aromatic rings. The summed E-state index contributed by atoms with van der Waals surface area (Å²) < 4.78 is 13.1. The maximum Gasteiger partial charge on any atom is 0.261 e. The molecule has 27 heavy (non-hydrogen) atoms. The highest BCUT2D eigenvalue weighted by atomic mass is 32.1. The highest BCUT2D eigenvalue weighted by Crippen LogP contribution is 2.24. The van der Waals surface area contributed by atoms with Crippen molar-refractivity contribution in [2.45, 2.75) is 44.6 Å². The van der Waals surface area contributed by atoms with E-state index in [1.165, 1.54) is 23.5 Å². The third-order valence-corrected chi connectivity index (χ3v) is 5.88. The molecule has 0 spiro atoms. The lowest BCUT2D eigenvalue weighted by molar-refractivity contribution is -0.133. The minimum absolute atomic E-state index is 0.0792. The molecule has 1 saturated carbocycles. The Kier molecular flexibility index (Phi) is 6.98. The number of carbonyl (C=O) groups is 2. The van der Waals surface area contributed by atoms with Crippen LogP contribution in [0.4, 0.5) is 4.39 Å². The first kappa shape index (κ1) is 19.5. The van der Waals surface area contributed by atoms with Gasteiger partial charge in [-0.2, -0.15) is 0 Å². The lowest BCUT2D eigenvalue weighted by Gasteiger charge is -2.29. The molecule has 3 rings (SSSR count). The molecule has 1 aromatic heterocycles. The maximum atomic E-state index is 13.1. The van der Waals surface area contributed by atoms with Gasteiger partial charge in [0, 0.05) is 25.6 Å². The van der Waals surface area contributed by atoms with Crippen molar-refractivity contribution in [2.24, 2.45) is 0 Å². The van der Waals surface area contributed by atoms with Crippen molar-refractivity contribution in [3.05, 3.63) is 58.0 Å². The van der Waals surface area contributed by atoms with E-state index in [-0.39, 0.29) is 23.7 Å². The molecule has 1 heterocycles. The number of nitrogens with zero attached hydrogens (tertiary/aromatic N) is 1. The van der Waals surface area contributed by atoms with Gasteiger partial charge in [0.25, 0.3) is 5.91 Å². The van der Waals surface area contributed by atoms with Gasteiger partial charge in [0.1, 0.15) is 5.82 Å². The Hall–Kier alpha value is -2.21. The summed E-state index contributed by atoms with van der Waals surface area (Å²) >= 11 is 1.39. The van der Waals surface area contributed by atoms with Crippen LogP contribution >= 0.6 is 11.3 Å². The Morgan fingerprint density at radius 1 is 1.15 bits per heavy atom. The minimum atomic E-state index is -0.246. The van der Waals surface area contributed by atoms with Crippen molar-refractivity contribution in [2.75, 3.05) is 13.1 Å². The first-order valence-electron chi connectivity index (χ1n) is 9.49. The number of halogens is 1. The van der Waals surface area contributed by atoms with Gasteiger partial charge < -0.3 is 10.2 Å². The van der Waals surface area contributed by atoms with Crippen molar-refractivity contribution in [1.29, 1.82) is 0 Å². The number of nitrogens with one attached hydrogen (secondary N) is 1. The van der Waals surface area contributed by atoms with Crippen LogP contribution in [0.25, 0.3) is 0 Å². The molecular formula is C21H25FN2O2S. The molecule has 0 atom stereocenters. The van der Waals surface area contributed by atoms with Crippen LogP contribution in [0, 0.1) is 5.82 Å². The van der Waals surface area contributed by atoms with Gasteiger partial charge in [0.05, 0.1) is 4.88 Å². The minimum Gasteiger partial charge on any atom is -0.351 e. The number of rotatable bonds is 8. The summed E-state index contributed by atoms with van der Waals surface area (Å²) in [5, 5.41) is 4.68. The average Bonchev–Trinajstić information content (AvgIpc) is 3.37. The van der Waals surface area contributed by atoms with Crippen LogP contribution in [-0.2, 0) is 11.2 Å². The molecule has 1 aliphatic carbocycles. The molecule has 0 radical (unpaired) electrons. The zero-order chi connectivity index (χ0) is 19.1. The van der Waals surface area contributed by atoms with Crippen LogP contribution in [0.5, 0.6) is 0 Å². The van der Waals surface area contributed by atoms with Crippen molar-refractivity contribution in [3.63, 3.8) is 0 Å². The van der Waals surface area contributed by atoms with Crippen LogP contribution in [0.1, 0.15) is 47.3 Å². The number of carbonyl (C=O) groups excluding carboxylic acids is 2. The smallest absolute Gasteiger partial charge is 0.261 e. The van der Waals surface area contributed by atoms with Gasteiger partial charge in [0.2, 0.25) is 5.91 Å². The van der Waals surface area contributed by atoms with E-state index in [2.05, 4.69) is 5.32 Å². The number of benzene rings is 1. The molecule has 6 heteroatoms. The van der Waals surface area contributed by atoms with Gasteiger partial charge in [-0.3, -0.25) is 9.59 Å². The van der Waals surface area contributed by atoms with Crippen LogP contribution < -0.4 is 5.32 Å². The van der Waals surface area contributed by atoms with E-state index in [0.29, 0.717) is 30.8 Å². The highest BCUT2D eigenvalue weighted by Gasteiger charge is 2.26. The molecule has 4 nitrogen and oxygen atoms in total. The predicted octanol–water partition coefficient (Wildman–Crippen LogP) is 4.02. The lowest BCUT2D eigenvalue weighted by Crippen LogP contribution is -2.41. The van der Waals surface area contributed by atoms with E-state index < -0.39 is 0 Å². The SMILES string of the molecule is O=C(NCCC(=O)N(CCc1ccc(F)cc1)C1CCCC1)c1cccs1. The van der Waals surface area contributed by atoms with Crippen molar-refractivity contribution >= 4 is 23.2 Å². The summed E-state index contributed by atoms with van der Waals surface area (Å²) in [6, 6.07) is 10.3. The Balaban J connectivity index is 1.52. The van der Waals surface area contributed by atoms with Crippen molar-refractivity contribution in [3.8, 4) is 0 Å². The zero-order valence-electron chi connectivity index (χ0n) is 15.3.